The third-order valence-electron chi connectivity index (χ3n) is 3.47. The molecule has 3 aromatic carbocycles. The Labute approximate surface area is 145 Å². The number of halogens is 1. The number of carbonyl (C=O) groups is 1. The van der Waals surface area contributed by atoms with Crippen molar-refractivity contribution in [3.8, 4) is 0 Å². The summed E-state index contributed by atoms with van der Waals surface area (Å²) in [5.74, 6) is -0.336. The summed E-state index contributed by atoms with van der Waals surface area (Å²) in [6.07, 6.45) is 0. The van der Waals surface area contributed by atoms with Gasteiger partial charge in [0.15, 0.2) is 0 Å². The van der Waals surface area contributed by atoms with Crippen molar-refractivity contribution >= 4 is 28.9 Å². The van der Waals surface area contributed by atoms with Gasteiger partial charge in [0.2, 0.25) is 0 Å². The zero-order chi connectivity index (χ0) is 16.8. The number of hydrogen-bond acceptors (Lipinski definition) is 3. The van der Waals surface area contributed by atoms with Gasteiger partial charge in [-0.05, 0) is 54.1 Å². The number of rotatable bonds is 5. The number of carbonyl (C=O) groups excluding carboxylic acids is 1. The van der Waals surface area contributed by atoms with Crippen molar-refractivity contribution in [2.45, 2.75) is 6.61 Å². The van der Waals surface area contributed by atoms with Crippen molar-refractivity contribution in [1.82, 2.24) is 0 Å². The first-order valence-corrected chi connectivity index (χ1v) is 7.92. The third kappa shape index (κ3) is 4.37. The van der Waals surface area contributed by atoms with Crippen LogP contribution in [0.2, 0.25) is 5.02 Å². The lowest BCUT2D eigenvalue weighted by Gasteiger charge is -2.08. The van der Waals surface area contributed by atoms with E-state index in [4.69, 9.17) is 16.3 Å². The smallest absolute Gasteiger partial charge is 0.338 e. The minimum atomic E-state index is -0.336. The molecule has 0 saturated heterocycles. The number of benzene rings is 3. The van der Waals surface area contributed by atoms with Crippen LogP contribution in [0, 0.1) is 0 Å². The van der Waals surface area contributed by atoms with Crippen LogP contribution in [0.1, 0.15) is 15.9 Å². The van der Waals surface area contributed by atoms with Gasteiger partial charge in [0.1, 0.15) is 6.61 Å². The van der Waals surface area contributed by atoms with Crippen LogP contribution in [-0.2, 0) is 11.3 Å². The summed E-state index contributed by atoms with van der Waals surface area (Å²) in [5.41, 5.74) is 3.30. The van der Waals surface area contributed by atoms with Crippen LogP contribution < -0.4 is 5.32 Å². The lowest BCUT2D eigenvalue weighted by molar-refractivity contribution is 0.0473. The van der Waals surface area contributed by atoms with Crippen LogP contribution >= 0.6 is 11.6 Å². The van der Waals surface area contributed by atoms with Crippen molar-refractivity contribution in [2.75, 3.05) is 5.32 Å². The minimum Gasteiger partial charge on any atom is -0.457 e. The quantitative estimate of drug-likeness (QED) is 0.630. The van der Waals surface area contributed by atoms with E-state index < -0.39 is 0 Å². The highest BCUT2D eigenvalue weighted by Gasteiger charge is 2.07. The Bertz CT molecular complexity index is 799. The molecule has 0 atom stereocenters. The Hall–Kier alpha value is -2.78. The second-order valence-corrected chi connectivity index (χ2v) is 5.71. The zero-order valence-electron chi connectivity index (χ0n) is 12.9. The molecule has 0 radical (unpaired) electrons. The predicted octanol–water partition coefficient (Wildman–Crippen LogP) is 5.44. The Morgan fingerprint density at radius 1 is 0.833 bits per heavy atom. The maximum Gasteiger partial charge on any atom is 0.338 e. The zero-order valence-corrected chi connectivity index (χ0v) is 13.7. The standard InChI is InChI=1S/C20H16ClNO2/c21-17-8-12-19(13-9-17)22-18-10-6-16(7-11-18)20(23)24-14-15-4-2-1-3-5-15/h1-13,22H,14H2. The second-order valence-electron chi connectivity index (χ2n) is 5.27. The van der Waals surface area contributed by atoms with Gasteiger partial charge in [-0.25, -0.2) is 4.79 Å². The molecule has 0 aromatic heterocycles. The molecule has 4 heteroatoms. The Kier molecular flexibility index (Phi) is 5.14. The van der Waals surface area contributed by atoms with Gasteiger partial charge in [-0.1, -0.05) is 41.9 Å². The summed E-state index contributed by atoms with van der Waals surface area (Å²) in [6.45, 7) is 0.268. The van der Waals surface area contributed by atoms with Gasteiger partial charge in [0, 0.05) is 16.4 Å². The molecule has 3 rings (SSSR count). The minimum absolute atomic E-state index is 0.268. The molecule has 0 unspecified atom stereocenters. The van der Waals surface area contributed by atoms with E-state index in [2.05, 4.69) is 5.32 Å². The second kappa shape index (κ2) is 7.66. The normalized spacial score (nSPS) is 10.2. The van der Waals surface area contributed by atoms with Crippen molar-refractivity contribution in [3.63, 3.8) is 0 Å². The first-order chi connectivity index (χ1) is 11.7. The lowest BCUT2D eigenvalue weighted by Crippen LogP contribution is -2.05. The van der Waals surface area contributed by atoms with Crippen LogP contribution in [0.3, 0.4) is 0 Å². The van der Waals surface area contributed by atoms with E-state index in [0.717, 1.165) is 16.9 Å². The molecule has 3 aromatic rings. The number of ether oxygens (including phenoxy) is 1. The maximum absolute atomic E-state index is 12.1. The third-order valence-corrected chi connectivity index (χ3v) is 3.72. The molecule has 0 amide bonds. The van der Waals surface area contributed by atoms with Crippen LogP contribution in [-0.4, -0.2) is 5.97 Å². The molecule has 0 aliphatic heterocycles. The van der Waals surface area contributed by atoms with Gasteiger partial charge < -0.3 is 10.1 Å². The molecule has 0 bridgehead atoms. The first-order valence-electron chi connectivity index (χ1n) is 7.54. The van der Waals surface area contributed by atoms with Crippen LogP contribution in [0.25, 0.3) is 0 Å². The lowest BCUT2D eigenvalue weighted by atomic mass is 10.2. The Morgan fingerprint density at radius 2 is 1.42 bits per heavy atom. The summed E-state index contributed by atoms with van der Waals surface area (Å²) in [4.78, 5) is 12.1. The van der Waals surface area contributed by atoms with Gasteiger partial charge in [-0.15, -0.1) is 0 Å². The first kappa shape index (κ1) is 16.1. The van der Waals surface area contributed by atoms with Crippen molar-refractivity contribution < 1.29 is 9.53 Å². The SMILES string of the molecule is O=C(OCc1ccccc1)c1ccc(Nc2ccc(Cl)cc2)cc1. The van der Waals surface area contributed by atoms with Gasteiger partial charge in [0.05, 0.1) is 5.56 Å². The number of nitrogens with one attached hydrogen (secondary N) is 1. The fourth-order valence-corrected chi connectivity index (χ4v) is 2.32. The molecule has 120 valence electrons. The van der Waals surface area contributed by atoms with E-state index in [-0.39, 0.29) is 12.6 Å². The predicted molar refractivity (Wildman–Crippen MR) is 96.7 cm³/mol. The number of anilines is 2. The summed E-state index contributed by atoms with van der Waals surface area (Å²) >= 11 is 5.87. The van der Waals surface area contributed by atoms with Gasteiger partial charge in [0.25, 0.3) is 0 Å². The van der Waals surface area contributed by atoms with Crippen molar-refractivity contribution in [3.05, 3.63) is 95.0 Å². The van der Waals surface area contributed by atoms with E-state index in [1.165, 1.54) is 0 Å². The summed E-state index contributed by atoms with van der Waals surface area (Å²) in [5, 5.41) is 3.94. The van der Waals surface area contributed by atoms with Gasteiger partial charge >= 0.3 is 5.97 Å². The van der Waals surface area contributed by atoms with E-state index in [0.29, 0.717) is 10.6 Å². The van der Waals surface area contributed by atoms with Crippen LogP contribution in [0.5, 0.6) is 0 Å². The number of esters is 1. The van der Waals surface area contributed by atoms with Crippen LogP contribution in [0.15, 0.2) is 78.9 Å². The van der Waals surface area contributed by atoms with E-state index in [9.17, 15) is 4.79 Å². The highest BCUT2D eigenvalue weighted by Crippen LogP contribution is 2.19. The fraction of sp³-hybridized carbons (Fsp3) is 0.0500. The number of hydrogen-bond donors (Lipinski definition) is 1. The summed E-state index contributed by atoms with van der Waals surface area (Å²) in [6, 6.07) is 24.2. The average molecular weight is 338 g/mol. The molecule has 0 saturated carbocycles. The molecule has 0 spiro atoms. The molecule has 0 heterocycles. The largest absolute Gasteiger partial charge is 0.457 e. The molecule has 24 heavy (non-hydrogen) atoms. The average Bonchev–Trinajstić information content (AvgIpc) is 2.63. The molecular formula is C20H16ClNO2. The molecular weight excluding hydrogens is 322 g/mol. The highest BCUT2D eigenvalue weighted by molar-refractivity contribution is 6.30. The molecule has 0 fully saturated rings. The van der Waals surface area contributed by atoms with E-state index >= 15 is 0 Å². The fourth-order valence-electron chi connectivity index (χ4n) is 2.20. The summed E-state index contributed by atoms with van der Waals surface area (Å²) < 4.78 is 5.31. The van der Waals surface area contributed by atoms with Gasteiger partial charge in [-0.3, -0.25) is 0 Å². The van der Waals surface area contributed by atoms with E-state index in [1.54, 1.807) is 12.1 Å². The molecule has 3 nitrogen and oxygen atoms in total. The Balaban J connectivity index is 1.59. The molecule has 0 aliphatic carbocycles. The van der Waals surface area contributed by atoms with Crippen molar-refractivity contribution in [2.24, 2.45) is 0 Å². The molecule has 1 N–H and O–H groups in total. The van der Waals surface area contributed by atoms with Crippen LogP contribution in [0.4, 0.5) is 11.4 Å². The maximum atomic E-state index is 12.1. The van der Waals surface area contributed by atoms with Crippen molar-refractivity contribution in [1.29, 1.82) is 0 Å². The topological polar surface area (TPSA) is 38.3 Å². The summed E-state index contributed by atoms with van der Waals surface area (Å²) in [7, 11) is 0. The molecule has 0 aliphatic rings. The monoisotopic (exact) mass is 337 g/mol. The highest BCUT2D eigenvalue weighted by atomic mass is 35.5. The van der Waals surface area contributed by atoms with E-state index in [1.807, 2.05) is 66.7 Å². The van der Waals surface area contributed by atoms with Gasteiger partial charge in [-0.2, -0.15) is 0 Å². The Morgan fingerprint density at radius 3 is 2.04 bits per heavy atom.